The van der Waals surface area contributed by atoms with Crippen molar-refractivity contribution in [3.05, 3.63) is 59.2 Å². The van der Waals surface area contributed by atoms with Crippen LogP contribution in [0.25, 0.3) is 0 Å². The fourth-order valence-corrected chi connectivity index (χ4v) is 6.07. The molecular formula is C19H24N2O4S2. The van der Waals surface area contributed by atoms with Gasteiger partial charge in [0.25, 0.3) is 0 Å². The maximum atomic E-state index is 12.9. The van der Waals surface area contributed by atoms with E-state index in [0.29, 0.717) is 24.2 Å². The maximum Gasteiger partial charge on any atom is 0.241 e. The summed E-state index contributed by atoms with van der Waals surface area (Å²) in [6.07, 6.45) is 1.40. The molecule has 0 aliphatic carbocycles. The second-order valence-electron chi connectivity index (χ2n) is 6.80. The number of hydrogen-bond donors (Lipinski definition) is 1. The molecule has 146 valence electrons. The second-order valence-corrected chi connectivity index (χ2v) is 10.5. The summed E-state index contributed by atoms with van der Waals surface area (Å²) in [4.78, 5) is 0.106. The Bertz CT molecular complexity index is 1050. The predicted molar refractivity (Wildman–Crippen MR) is 107 cm³/mol. The molecule has 2 aromatic carbocycles. The number of nitrogens with one attached hydrogen (secondary N) is 1. The van der Waals surface area contributed by atoms with Gasteiger partial charge in [0, 0.05) is 13.1 Å². The molecule has 0 spiro atoms. The number of benzene rings is 2. The molecule has 0 bridgehead atoms. The van der Waals surface area contributed by atoms with E-state index in [0.717, 1.165) is 17.5 Å². The molecule has 2 aromatic rings. The quantitative estimate of drug-likeness (QED) is 0.825. The summed E-state index contributed by atoms with van der Waals surface area (Å²) in [5, 5.41) is 0. The second kappa shape index (κ2) is 7.61. The molecule has 27 heavy (non-hydrogen) atoms. The van der Waals surface area contributed by atoms with E-state index >= 15 is 0 Å². The van der Waals surface area contributed by atoms with Gasteiger partial charge >= 0.3 is 0 Å². The predicted octanol–water partition coefficient (Wildman–Crippen LogP) is 2.71. The molecular weight excluding hydrogens is 384 g/mol. The van der Waals surface area contributed by atoms with Crippen LogP contribution in [0, 0.1) is 13.8 Å². The standard InChI is InChI=1S/C19H24N2O4S2/c1-15-7-3-4-8-17(15)14-20-27(24,25)19-13-18(10-9-16(19)2)21-11-5-6-12-26(21,22)23/h3-4,7-10,13,20H,5-6,11-12,14H2,1-2H3. The molecule has 0 amide bonds. The summed E-state index contributed by atoms with van der Waals surface area (Å²) in [5.41, 5.74) is 2.88. The Morgan fingerprint density at radius 2 is 1.78 bits per heavy atom. The first-order chi connectivity index (χ1) is 12.7. The van der Waals surface area contributed by atoms with Crippen LogP contribution in [0.4, 0.5) is 5.69 Å². The van der Waals surface area contributed by atoms with Crippen molar-refractivity contribution in [3.8, 4) is 0 Å². The van der Waals surface area contributed by atoms with Crippen LogP contribution in [0.2, 0.25) is 0 Å². The fourth-order valence-electron chi connectivity index (χ4n) is 3.17. The monoisotopic (exact) mass is 408 g/mol. The number of rotatable bonds is 5. The minimum absolute atomic E-state index is 0.0918. The van der Waals surface area contributed by atoms with Crippen LogP contribution >= 0.6 is 0 Å². The lowest BCUT2D eigenvalue weighted by Crippen LogP contribution is -2.38. The van der Waals surface area contributed by atoms with E-state index in [9.17, 15) is 16.8 Å². The van der Waals surface area contributed by atoms with Gasteiger partial charge in [-0.15, -0.1) is 0 Å². The zero-order valence-electron chi connectivity index (χ0n) is 15.5. The third kappa shape index (κ3) is 4.34. The van der Waals surface area contributed by atoms with E-state index in [1.807, 2.05) is 31.2 Å². The molecule has 1 saturated heterocycles. The van der Waals surface area contributed by atoms with E-state index in [-0.39, 0.29) is 17.2 Å². The van der Waals surface area contributed by atoms with E-state index in [1.54, 1.807) is 19.1 Å². The van der Waals surface area contributed by atoms with E-state index in [2.05, 4.69) is 4.72 Å². The molecule has 3 rings (SSSR count). The van der Waals surface area contributed by atoms with Crippen molar-refractivity contribution in [1.29, 1.82) is 0 Å². The summed E-state index contributed by atoms with van der Waals surface area (Å²) in [7, 11) is -7.17. The Labute approximate surface area is 161 Å². The molecule has 0 aromatic heterocycles. The van der Waals surface area contributed by atoms with Crippen LogP contribution in [-0.4, -0.2) is 29.1 Å². The number of sulfonamides is 2. The number of hydrogen-bond acceptors (Lipinski definition) is 4. The lowest BCUT2D eigenvalue weighted by molar-refractivity contribution is 0.573. The lowest BCUT2D eigenvalue weighted by atomic mass is 10.1. The highest BCUT2D eigenvalue weighted by Gasteiger charge is 2.27. The Morgan fingerprint density at radius 3 is 2.48 bits per heavy atom. The van der Waals surface area contributed by atoms with Crippen LogP contribution in [-0.2, 0) is 26.6 Å². The molecule has 0 atom stereocenters. The summed E-state index contributed by atoms with van der Waals surface area (Å²) in [6, 6.07) is 12.3. The average molecular weight is 409 g/mol. The van der Waals surface area contributed by atoms with E-state index in [4.69, 9.17) is 0 Å². The molecule has 6 nitrogen and oxygen atoms in total. The van der Waals surface area contributed by atoms with Crippen molar-refractivity contribution in [2.24, 2.45) is 0 Å². The highest BCUT2D eigenvalue weighted by atomic mass is 32.2. The van der Waals surface area contributed by atoms with Gasteiger partial charge in [0.15, 0.2) is 0 Å². The van der Waals surface area contributed by atoms with Gasteiger partial charge in [-0.25, -0.2) is 21.6 Å². The van der Waals surface area contributed by atoms with Gasteiger partial charge < -0.3 is 0 Å². The summed E-state index contributed by atoms with van der Waals surface area (Å²) in [6.45, 7) is 4.19. The van der Waals surface area contributed by atoms with Crippen LogP contribution in [0.3, 0.4) is 0 Å². The molecule has 0 saturated carbocycles. The normalized spacial score (nSPS) is 17.0. The lowest BCUT2D eigenvalue weighted by Gasteiger charge is -2.28. The number of nitrogens with zero attached hydrogens (tertiary/aromatic N) is 1. The molecule has 1 N–H and O–H groups in total. The highest BCUT2D eigenvalue weighted by molar-refractivity contribution is 7.92. The van der Waals surface area contributed by atoms with Crippen LogP contribution in [0.5, 0.6) is 0 Å². The first kappa shape index (κ1) is 19.9. The third-order valence-electron chi connectivity index (χ3n) is 4.81. The summed E-state index contributed by atoms with van der Waals surface area (Å²) < 4.78 is 54.3. The van der Waals surface area contributed by atoms with Crippen molar-refractivity contribution in [1.82, 2.24) is 4.72 Å². The number of anilines is 1. The molecule has 1 fully saturated rings. The maximum absolute atomic E-state index is 12.9. The minimum Gasteiger partial charge on any atom is -0.270 e. The van der Waals surface area contributed by atoms with Gasteiger partial charge in [-0.05, 0) is 55.5 Å². The zero-order valence-corrected chi connectivity index (χ0v) is 17.1. The van der Waals surface area contributed by atoms with Gasteiger partial charge in [0.1, 0.15) is 0 Å². The first-order valence-corrected chi connectivity index (χ1v) is 12.0. The van der Waals surface area contributed by atoms with Gasteiger partial charge in [-0.3, -0.25) is 4.31 Å². The topological polar surface area (TPSA) is 83.6 Å². The Balaban J connectivity index is 1.90. The molecule has 1 aliphatic rings. The number of aryl methyl sites for hydroxylation is 2. The SMILES string of the molecule is Cc1ccccc1CNS(=O)(=O)c1cc(N2CCCCS2(=O)=O)ccc1C. The largest absolute Gasteiger partial charge is 0.270 e. The molecule has 1 aliphatic heterocycles. The van der Waals surface area contributed by atoms with Crippen LogP contribution in [0.1, 0.15) is 29.5 Å². The van der Waals surface area contributed by atoms with Crippen molar-refractivity contribution in [2.75, 3.05) is 16.6 Å². The fraction of sp³-hybridized carbons (Fsp3) is 0.368. The Hall–Kier alpha value is -1.90. The first-order valence-electron chi connectivity index (χ1n) is 8.86. The van der Waals surface area contributed by atoms with Gasteiger partial charge in [0.2, 0.25) is 20.0 Å². The average Bonchev–Trinajstić information content (AvgIpc) is 2.61. The summed E-state index contributed by atoms with van der Waals surface area (Å²) >= 11 is 0. The third-order valence-corrected chi connectivity index (χ3v) is 8.23. The van der Waals surface area contributed by atoms with Gasteiger partial charge in [-0.2, -0.15) is 0 Å². The molecule has 8 heteroatoms. The van der Waals surface area contributed by atoms with Crippen molar-refractivity contribution in [2.45, 2.75) is 38.1 Å². The van der Waals surface area contributed by atoms with Gasteiger partial charge in [-0.1, -0.05) is 30.3 Å². The summed E-state index contributed by atoms with van der Waals surface area (Å²) in [5.74, 6) is 0.0918. The van der Waals surface area contributed by atoms with E-state index < -0.39 is 20.0 Å². The van der Waals surface area contributed by atoms with E-state index in [1.165, 1.54) is 10.4 Å². The van der Waals surface area contributed by atoms with Crippen molar-refractivity contribution < 1.29 is 16.8 Å². The smallest absolute Gasteiger partial charge is 0.241 e. The van der Waals surface area contributed by atoms with Crippen LogP contribution in [0.15, 0.2) is 47.4 Å². The molecule has 1 heterocycles. The van der Waals surface area contributed by atoms with Crippen molar-refractivity contribution >= 4 is 25.7 Å². The molecule has 0 unspecified atom stereocenters. The highest BCUT2D eigenvalue weighted by Crippen LogP contribution is 2.28. The minimum atomic E-state index is -3.78. The van der Waals surface area contributed by atoms with Crippen LogP contribution < -0.4 is 9.03 Å². The Kier molecular flexibility index (Phi) is 5.60. The zero-order chi connectivity index (χ0) is 19.7. The van der Waals surface area contributed by atoms with Gasteiger partial charge in [0.05, 0.1) is 16.3 Å². The van der Waals surface area contributed by atoms with Crippen molar-refractivity contribution in [3.63, 3.8) is 0 Å². The Morgan fingerprint density at radius 1 is 1.04 bits per heavy atom. The molecule has 0 radical (unpaired) electrons.